The predicted octanol–water partition coefficient (Wildman–Crippen LogP) is 1.48. The molecule has 3 N–H and O–H groups in total. The van der Waals surface area contributed by atoms with Crippen LogP contribution in [0.4, 0.5) is 0 Å². The second-order valence-electron chi connectivity index (χ2n) is 3.50. The normalized spacial score (nSPS) is 12.5. The minimum Gasteiger partial charge on any atom is -0.496 e. The fourth-order valence-corrected chi connectivity index (χ4v) is 1.71. The Labute approximate surface area is 91.6 Å². The van der Waals surface area contributed by atoms with E-state index < -0.39 is 0 Å². The molecule has 84 valence electrons. The maximum absolute atomic E-state index is 5.68. The van der Waals surface area contributed by atoms with E-state index in [0.29, 0.717) is 6.54 Å². The number of aryl methyl sites for hydroxylation is 1. The van der Waals surface area contributed by atoms with E-state index in [4.69, 9.17) is 10.5 Å². The zero-order chi connectivity index (χ0) is 11.3. The van der Waals surface area contributed by atoms with E-state index in [2.05, 4.69) is 24.4 Å². The average molecular weight is 208 g/mol. The zero-order valence-electron chi connectivity index (χ0n) is 9.71. The van der Waals surface area contributed by atoms with E-state index in [0.717, 1.165) is 12.2 Å². The van der Waals surface area contributed by atoms with Crippen molar-refractivity contribution in [3.05, 3.63) is 29.3 Å². The number of rotatable bonds is 5. The Morgan fingerprint density at radius 1 is 1.47 bits per heavy atom. The van der Waals surface area contributed by atoms with E-state index in [-0.39, 0.29) is 6.04 Å². The van der Waals surface area contributed by atoms with Crippen LogP contribution in [0.5, 0.6) is 5.75 Å². The molecule has 15 heavy (non-hydrogen) atoms. The molecule has 1 aromatic rings. The molecule has 0 saturated carbocycles. The Kier molecular flexibility index (Phi) is 4.59. The number of nitrogens with one attached hydrogen (secondary N) is 1. The van der Waals surface area contributed by atoms with Gasteiger partial charge in [0.2, 0.25) is 0 Å². The van der Waals surface area contributed by atoms with Crippen molar-refractivity contribution >= 4 is 0 Å². The molecule has 0 aliphatic rings. The summed E-state index contributed by atoms with van der Waals surface area (Å²) in [5, 5.41) is 3.19. The fourth-order valence-electron chi connectivity index (χ4n) is 1.71. The third-order valence-electron chi connectivity index (χ3n) is 2.67. The van der Waals surface area contributed by atoms with Gasteiger partial charge in [0.05, 0.1) is 7.11 Å². The largest absolute Gasteiger partial charge is 0.496 e. The predicted molar refractivity (Wildman–Crippen MR) is 63.2 cm³/mol. The van der Waals surface area contributed by atoms with Crippen LogP contribution in [0, 0.1) is 0 Å². The van der Waals surface area contributed by atoms with E-state index in [1.807, 2.05) is 13.1 Å². The van der Waals surface area contributed by atoms with Crippen LogP contribution >= 0.6 is 0 Å². The Morgan fingerprint density at radius 3 is 2.67 bits per heavy atom. The molecule has 0 bridgehead atoms. The number of benzene rings is 1. The van der Waals surface area contributed by atoms with E-state index in [1.165, 1.54) is 11.1 Å². The van der Waals surface area contributed by atoms with Crippen molar-refractivity contribution in [2.75, 3.05) is 20.7 Å². The van der Waals surface area contributed by atoms with Crippen LogP contribution in [0.1, 0.15) is 24.1 Å². The van der Waals surface area contributed by atoms with Crippen LogP contribution in [0.25, 0.3) is 0 Å². The van der Waals surface area contributed by atoms with E-state index >= 15 is 0 Å². The van der Waals surface area contributed by atoms with Crippen LogP contribution in [0.15, 0.2) is 18.2 Å². The SMILES string of the molecule is CCc1cc(C(CN)NC)ccc1OC. The number of likely N-dealkylation sites (N-methyl/N-ethyl adjacent to an activating group) is 1. The summed E-state index contributed by atoms with van der Waals surface area (Å²) in [4.78, 5) is 0. The third-order valence-corrected chi connectivity index (χ3v) is 2.67. The minimum absolute atomic E-state index is 0.223. The van der Waals surface area contributed by atoms with Gasteiger partial charge in [0.15, 0.2) is 0 Å². The summed E-state index contributed by atoms with van der Waals surface area (Å²) in [6.45, 7) is 2.73. The van der Waals surface area contributed by atoms with Crippen molar-refractivity contribution in [2.24, 2.45) is 5.73 Å². The molecule has 1 unspecified atom stereocenters. The summed E-state index contributed by atoms with van der Waals surface area (Å²) in [6.07, 6.45) is 0.970. The van der Waals surface area contributed by atoms with Crippen LogP contribution in [0.2, 0.25) is 0 Å². The smallest absolute Gasteiger partial charge is 0.122 e. The first kappa shape index (κ1) is 12.0. The molecule has 0 amide bonds. The second kappa shape index (κ2) is 5.73. The maximum atomic E-state index is 5.68. The van der Waals surface area contributed by atoms with Crippen LogP contribution in [-0.2, 0) is 6.42 Å². The molecular weight excluding hydrogens is 188 g/mol. The molecule has 0 aliphatic carbocycles. The quantitative estimate of drug-likeness (QED) is 0.770. The van der Waals surface area contributed by atoms with E-state index in [9.17, 15) is 0 Å². The summed E-state index contributed by atoms with van der Waals surface area (Å²) < 4.78 is 5.29. The Morgan fingerprint density at radius 2 is 2.20 bits per heavy atom. The van der Waals surface area contributed by atoms with Crippen molar-refractivity contribution in [1.29, 1.82) is 0 Å². The molecule has 1 aromatic carbocycles. The summed E-state index contributed by atoms with van der Waals surface area (Å²) in [6, 6.07) is 6.45. The van der Waals surface area contributed by atoms with Gasteiger partial charge < -0.3 is 15.8 Å². The lowest BCUT2D eigenvalue weighted by Crippen LogP contribution is -2.24. The van der Waals surface area contributed by atoms with Crippen LogP contribution < -0.4 is 15.8 Å². The van der Waals surface area contributed by atoms with Gasteiger partial charge in [-0.2, -0.15) is 0 Å². The molecule has 0 spiro atoms. The fraction of sp³-hybridized carbons (Fsp3) is 0.500. The van der Waals surface area contributed by atoms with Crippen LogP contribution in [0.3, 0.4) is 0 Å². The van der Waals surface area contributed by atoms with Crippen LogP contribution in [-0.4, -0.2) is 20.7 Å². The standard InChI is InChI=1S/C12H20N2O/c1-4-9-7-10(11(8-13)14-2)5-6-12(9)15-3/h5-7,11,14H,4,8,13H2,1-3H3. The number of hydrogen-bond donors (Lipinski definition) is 2. The lowest BCUT2D eigenvalue weighted by molar-refractivity contribution is 0.409. The van der Waals surface area contributed by atoms with Gasteiger partial charge in [-0.25, -0.2) is 0 Å². The molecule has 0 heterocycles. The number of hydrogen-bond acceptors (Lipinski definition) is 3. The molecule has 0 aliphatic heterocycles. The Balaban J connectivity index is 3.01. The Bertz CT molecular complexity index is 308. The highest BCUT2D eigenvalue weighted by molar-refractivity contribution is 5.38. The molecule has 1 atom stereocenters. The van der Waals surface area contributed by atoms with Gasteiger partial charge in [-0.1, -0.05) is 19.1 Å². The second-order valence-corrected chi connectivity index (χ2v) is 3.50. The average Bonchev–Trinajstić information content (AvgIpc) is 2.30. The summed E-state index contributed by atoms with van der Waals surface area (Å²) in [5.41, 5.74) is 8.13. The van der Waals surface area contributed by atoms with Crippen molar-refractivity contribution in [3.63, 3.8) is 0 Å². The Hall–Kier alpha value is -1.06. The van der Waals surface area contributed by atoms with Crippen molar-refractivity contribution in [3.8, 4) is 5.75 Å². The summed E-state index contributed by atoms with van der Waals surface area (Å²) >= 11 is 0. The summed E-state index contributed by atoms with van der Waals surface area (Å²) in [5.74, 6) is 0.952. The molecule has 0 saturated heterocycles. The lowest BCUT2D eigenvalue weighted by atomic mass is 10.0. The summed E-state index contributed by atoms with van der Waals surface area (Å²) in [7, 11) is 3.63. The van der Waals surface area contributed by atoms with Gasteiger partial charge >= 0.3 is 0 Å². The molecular formula is C12H20N2O. The van der Waals surface area contributed by atoms with Crippen molar-refractivity contribution in [1.82, 2.24) is 5.32 Å². The molecule has 0 aromatic heterocycles. The van der Waals surface area contributed by atoms with Crippen molar-refractivity contribution < 1.29 is 4.74 Å². The molecule has 3 nitrogen and oxygen atoms in total. The first-order valence-electron chi connectivity index (χ1n) is 5.30. The molecule has 3 heteroatoms. The maximum Gasteiger partial charge on any atom is 0.122 e. The number of methoxy groups -OCH3 is 1. The van der Waals surface area contributed by atoms with Gasteiger partial charge in [-0.15, -0.1) is 0 Å². The first-order chi connectivity index (χ1) is 7.26. The highest BCUT2D eigenvalue weighted by Gasteiger charge is 2.09. The van der Waals surface area contributed by atoms with Gasteiger partial charge in [0.25, 0.3) is 0 Å². The van der Waals surface area contributed by atoms with Gasteiger partial charge in [0, 0.05) is 12.6 Å². The highest BCUT2D eigenvalue weighted by atomic mass is 16.5. The molecule has 1 rings (SSSR count). The molecule has 0 fully saturated rings. The third kappa shape index (κ3) is 2.70. The number of nitrogens with two attached hydrogens (primary N) is 1. The van der Waals surface area contributed by atoms with E-state index in [1.54, 1.807) is 7.11 Å². The monoisotopic (exact) mass is 208 g/mol. The lowest BCUT2D eigenvalue weighted by Gasteiger charge is -2.16. The minimum atomic E-state index is 0.223. The van der Waals surface area contributed by atoms with Gasteiger partial charge in [-0.05, 0) is 30.7 Å². The first-order valence-corrected chi connectivity index (χ1v) is 5.30. The zero-order valence-corrected chi connectivity index (χ0v) is 9.71. The van der Waals surface area contributed by atoms with Gasteiger partial charge in [0.1, 0.15) is 5.75 Å². The highest BCUT2D eigenvalue weighted by Crippen LogP contribution is 2.23. The molecule has 0 radical (unpaired) electrons. The number of ether oxygens (including phenoxy) is 1. The van der Waals surface area contributed by atoms with Gasteiger partial charge in [-0.3, -0.25) is 0 Å². The van der Waals surface area contributed by atoms with Crippen molar-refractivity contribution in [2.45, 2.75) is 19.4 Å². The topological polar surface area (TPSA) is 47.3 Å².